The summed E-state index contributed by atoms with van der Waals surface area (Å²) in [4.78, 5) is 37.3. The van der Waals surface area contributed by atoms with Gasteiger partial charge in [0.15, 0.2) is 18.1 Å². The van der Waals surface area contributed by atoms with Crippen LogP contribution in [0.1, 0.15) is 34.8 Å². The van der Waals surface area contributed by atoms with Crippen molar-refractivity contribution >= 4 is 23.5 Å². The molecule has 0 aromatic heterocycles. The minimum absolute atomic E-state index is 0.0793. The van der Waals surface area contributed by atoms with Crippen LogP contribution in [0, 0.1) is 18.8 Å². The number of ether oxygens (including phenoxy) is 3. The molecule has 1 aliphatic rings. The highest BCUT2D eigenvalue weighted by atomic mass is 16.5. The van der Waals surface area contributed by atoms with E-state index < -0.39 is 18.5 Å². The van der Waals surface area contributed by atoms with Gasteiger partial charge in [-0.1, -0.05) is 36.8 Å². The molecule has 0 bridgehead atoms. The van der Waals surface area contributed by atoms with Crippen LogP contribution in [-0.2, 0) is 20.9 Å². The molecule has 0 heterocycles. The number of benzene rings is 2. The van der Waals surface area contributed by atoms with Gasteiger partial charge >= 0.3 is 5.97 Å². The van der Waals surface area contributed by atoms with Crippen molar-refractivity contribution in [2.24, 2.45) is 11.8 Å². The van der Waals surface area contributed by atoms with Crippen LogP contribution in [0.25, 0.3) is 0 Å². The summed E-state index contributed by atoms with van der Waals surface area (Å²) < 4.78 is 15.7. The van der Waals surface area contributed by atoms with Crippen LogP contribution in [-0.4, -0.2) is 38.6 Å². The number of amides is 2. The maximum Gasteiger partial charge on any atom is 0.340 e. The summed E-state index contributed by atoms with van der Waals surface area (Å²) in [7, 11) is 2.90. The molecule has 3 rings (SSSR count). The molecule has 2 aromatic carbocycles. The molecule has 1 aliphatic carbocycles. The predicted octanol–water partition coefficient (Wildman–Crippen LogP) is 3.08. The first-order valence-corrected chi connectivity index (χ1v) is 10.4. The Morgan fingerprint density at radius 3 is 2.25 bits per heavy atom. The third-order valence-electron chi connectivity index (χ3n) is 5.39. The van der Waals surface area contributed by atoms with Crippen molar-refractivity contribution in [3.8, 4) is 11.5 Å². The molecule has 32 heavy (non-hydrogen) atoms. The fraction of sp³-hybridized carbons (Fsp3) is 0.375. The molecule has 0 radical (unpaired) electrons. The van der Waals surface area contributed by atoms with Gasteiger partial charge < -0.3 is 24.8 Å². The molecule has 170 valence electrons. The van der Waals surface area contributed by atoms with Gasteiger partial charge in [0.25, 0.3) is 5.91 Å². The zero-order valence-electron chi connectivity index (χ0n) is 18.7. The van der Waals surface area contributed by atoms with Crippen molar-refractivity contribution < 1.29 is 28.6 Å². The molecule has 1 saturated carbocycles. The van der Waals surface area contributed by atoms with Gasteiger partial charge in [-0.25, -0.2) is 4.79 Å². The van der Waals surface area contributed by atoms with Crippen molar-refractivity contribution in [2.45, 2.75) is 26.8 Å². The standard InChI is InChI=1S/C24H28N2O6/c1-14-5-7-16(8-6-14)12-25-22(27)13-32-24(29)18-10-20(30-3)21(31-4)11-19(18)26-23(28)17-9-15(17)2/h5-8,10-11,15,17H,9,12-13H2,1-4H3,(H,25,27)(H,26,28). The lowest BCUT2D eigenvalue weighted by molar-refractivity contribution is -0.124. The Labute approximate surface area is 187 Å². The van der Waals surface area contributed by atoms with E-state index in [9.17, 15) is 14.4 Å². The van der Waals surface area contributed by atoms with E-state index in [0.717, 1.165) is 17.5 Å². The van der Waals surface area contributed by atoms with Crippen LogP contribution < -0.4 is 20.1 Å². The third-order valence-corrected chi connectivity index (χ3v) is 5.39. The van der Waals surface area contributed by atoms with E-state index in [1.807, 2.05) is 38.1 Å². The number of nitrogens with one attached hydrogen (secondary N) is 2. The number of hydrogen-bond donors (Lipinski definition) is 2. The van der Waals surface area contributed by atoms with Crippen LogP contribution in [0.2, 0.25) is 0 Å². The third kappa shape index (κ3) is 5.78. The molecular formula is C24H28N2O6. The fourth-order valence-corrected chi connectivity index (χ4v) is 3.23. The van der Waals surface area contributed by atoms with Gasteiger partial charge in [-0.15, -0.1) is 0 Å². The summed E-state index contributed by atoms with van der Waals surface area (Å²) in [5, 5.41) is 5.48. The molecule has 0 saturated heterocycles. The van der Waals surface area contributed by atoms with Gasteiger partial charge in [0.1, 0.15) is 0 Å². The Kier molecular flexibility index (Phi) is 7.35. The first-order valence-electron chi connectivity index (χ1n) is 10.4. The van der Waals surface area contributed by atoms with Crippen LogP contribution in [0.15, 0.2) is 36.4 Å². The Balaban J connectivity index is 1.66. The van der Waals surface area contributed by atoms with E-state index in [2.05, 4.69) is 10.6 Å². The number of carbonyl (C=O) groups excluding carboxylic acids is 3. The number of aryl methyl sites for hydroxylation is 1. The van der Waals surface area contributed by atoms with E-state index in [1.165, 1.54) is 26.4 Å². The zero-order valence-corrected chi connectivity index (χ0v) is 18.7. The van der Waals surface area contributed by atoms with E-state index in [-0.39, 0.29) is 23.1 Å². The lowest BCUT2D eigenvalue weighted by Crippen LogP contribution is -2.28. The number of carbonyl (C=O) groups is 3. The normalized spacial score (nSPS) is 16.6. The smallest absolute Gasteiger partial charge is 0.340 e. The number of esters is 1. The van der Waals surface area contributed by atoms with Crippen molar-refractivity contribution in [1.29, 1.82) is 0 Å². The molecule has 0 aliphatic heterocycles. The largest absolute Gasteiger partial charge is 0.493 e. The van der Waals surface area contributed by atoms with E-state index in [0.29, 0.717) is 24.0 Å². The second-order valence-corrected chi connectivity index (χ2v) is 7.90. The molecule has 2 atom stereocenters. The first-order chi connectivity index (χ1) is 15.3. The van der Waals surface area contributed by atoms with E-state index in [1.54, 1.807) is 0 Å². The van der Waals surface area contributed by atoms with Crippen LogP contribution in [0.3, 0.4) is 0 Å². The minimum atomic E-state index is -0.754. The monoisotopic (exact) mass is 440 g/mol. The van der Waals surface area contributed by atoms with Gasteiger partial charge in [0.2, 0.25) is 5.91 Å². The number of methoxy groups -OCH3 is 2. The maximum atomic E-state index is 12.7. The molecule has 1 fully saturated rings. The molecule has 8 heteroatoms. The second kappa shape index (κ2) is 10.2. The Bertz CT molecular complexity index is 1000. The average Bonchev–Trinajstić information content (AvgIpc) is 3.53. The lowest BCUT2D eigenvalue weighted by Gasteiger charge is -2.15. The highest BCUT2D eigenvalue weighted by Crippen LogP contribution is 2.40. The van der Waals surface area contributed by atoms with E-state index >= 15 is 0 Å². The highest BCUT2D eigenvalue weighted by Gasteiger charge is 2.39. The SMILES string of the molecule is COc1cc(NC(=O)C2CC2C)c(C(=O)OCC(=O)NCc2ccc(C)cc2)cc1OC. The lowest BCUT2D eigenvalue weighted by atomic mass is 10.1. The van der Waals surface area contributed by atoms with Gasteiger partial charge in [-0.2, -0.15) is 0 Å². The summed E-state index contributed by atoms with van der Waals surface area (Å²) in [6.45, 7) is 3.85. The molecule has 8 nitrogen and oxygen atoms in total. The summed E-state index contributed by atoms with van der Waals surface area (Å²) in [6, 6.07) is 10.7. The Hall–Kier alpha value is -3.55. The molecule has 2 unspecified atom stereocenters. The number of rotatable bonds is 9. The Morgan fingerprint density at radius 1 is 1.03 bits per heavy atom. The first kappa shape index (κ1) is 23.1. The number of anilines is 1. The fourth-order valence-electron chi connectivity index (χ4n) is 3.23. The predicted molar refractivity (Wildman–Crippen MR) is 119 cm³/mol. The molecule has 2 N–H and O–H groups in total. The summed E-state index contributed by atoms with van der Waals surface area (Å²) in [6.07, 6.45) is 0.806. The summed E-state index contributed by atoms with van der Waals surface area (Å²) >= 11 is 0. The van der Waals surface area contributed by atoms with Gasteiger partial charge in [-0.3, -0.25) is 9.59 Å². The summed E-state index contributed by atoms with van der Waals surface area (Å²) in [5.41, 5.74) is 2.39. The van der Waals surface area contributed by atoms with Crippen LogP contribution >= 0.6 is 0 Å². The minimum Gasteiger partial charge on any atom is -0.493 e. The summed E-state index contributed by atoms with van der Waals surface area (Å²) in [5.74, 6) is -0.468. The van der Waals surface area contributed by atoms with Gasteiger partial charge in [-0.05, 0) is 24.8 Å². The van der Waals surface area contributed by atoms with Gasteiger partial charge in [0, 0.05) is 24.6 Å². The van der Waals surface area contributed by atoms with Gasteiger partial charge in [0.05, 0.1) is 25.5 Å². The van der Waals surface area contributed by atoms with Crippen molar-refractivity contribution in [3.05, 3.63) is 53.1 Å². The molecular weight excluding hydrogens is 412 g/mol. The quantitative estimate of drug-likeness (QED) is 0.581. The van der Waals surface area contributed by atoms with Crippen LogP contribution in [0.5, 0.6) is 11.5 Å². The highest BCUT2D eigenvalue weighted by molar-refractivity contribution is 6.03. The topological polar surface area (TPSA) is 103 Å². The Morgan fingerprint density at radius 2 is 1.66 bits per heavy atom. The number of hydrogen-bond acceptors (Lipinski definition) is 6. The van der Waals surface area contributed by atoms with E-state index in [4.69, 9.17) is 14.2 Å². The second-order valence-electron chi connectivity index (χ2n) is 7.90. The molecule has 2 aromatic rings. The van der Waals surface area contributed by atoms with Crippen molar-refractivity contribution in [2.75, 3.05) is 26.1 Å². The average molecular weight is 440 g/mol. The zero-order chi connectivity index (χ0) is 23.3. The molecule has 0 spiro atoms. The maximum absolute atomic E-state index is 12.7. The van der Waals surface area contributed by atoms with Crippen LogP contribution in [0.4, 0.5) is 5.69 Å². The van der Waals surface area contributed by atoms with Crippen molar-refractivity contribution in [3.63, 3.8) is 0 Å². The van der Waals surface area contributed by atoms with Crippen molar-refractivity contribution in [1.82, 2.24) is 5.32 Å². The molecule has 2 amide bonds.